The summed E-state index contributed by atoms with van der Waals surface area (Å²) in [6.07, 6.45) is 1.75. The molecule has 0 amide bonds. The van der Waals surface area contributed by atoms with E-state index in [9.17, 15) is 4.79 Å². The minimum Gasteiger partial charge on any atom is -0.385 e. The quantitative estimate of drug-likeness (QED) is 0.730. The van der Waals surface area contributed by atoms with Gasteiger partial charge in [0, 0.05) is 31.5 Å². The van der Waals surface area contributed by atoms with E-state index in [0.29, 0.717) is 12.5 Å². The Morgan fingerprint density at radius 1 is 1.64 bits per heavy atom. The number of aromatic nitrogens is 1. The van der Waals surface area contributed by atoms with E-state index in [1.807, 2.05) is 6.07 Å². The molecule has 1 atom stereocenters. The summed E-state index contributed by atoms with van der Waals surface area (Å²) in [5.74, 6) is 0.416. The first-order valence-electron chi connectivity index (χ1n) is 4.74. The van der Waals surface area contributed by atoms with Gasteiger partial charge in [0.15, 0.2) is 0 Å². The predicted molar refractivity (Wildman–Crippen MR) is 58.4 cm³/mol. The summed E-state index contributed by atoms with van der Waals surface area (Å²) in [4.78, 5) is 11.3. The summed E-state index contributed by atoms with van der Waals surface area (Å²) in [6.45, 7) is 3.51. The second-order valence-corrected chi connectivity index (χ2v) is 3.59. The first-order chi connectivity index (χ1) is 6.63. The molecule has 0 fully saturated rings. The van der Waals surface area contributed by atoms with Gasteiger partial charge in [-0.2, -0.15) is 0 Å². The monoisotopic (exact) mass is 195 g/mol. The van der Waals surface area contributed by atoms with Gasteiger partial charge in [0.25, 0.3) is 5.56 Å². The number of nitrogens with two attached hydrogens (primary N) is 1. The Morgan fingerprint density at radius 2 is 2.36 bits per heavy atom. The Kier molecular flexibility index (Phi) is 3.71. The second-order valence-electron chi connectivity index (χ2n) is 3.59. The van der Waals surface area contributed by atoms with Crippen LogP contribution in [0.25, 0.3) is 0 Å². The van der Waals surface area contributed by atoms with Crippen molar-refractivity contribution < 1.29 is 0 Å². The maximum absolute atomic E-state index is 11.3. The van der Waals surface area contributed by atoms with Crippen LogP contribution in [0.4, 0.5) is 5.69 Å². The molecular weight excluding hydrogens is 178 g/mol. The minimum atomic E-state index is -0.00426. The topological polar surface area (TPSA) is 60.0 Å². The molecule has 78 valence electrons. The molecule has 14 heavy (non-hydrogen) atoms. The largest absolute Gasteiger partial charge is 0.385 e. The van der Waals surface area contributed by atoms with Gasteiger partial charge in [0.1, 0.15) is 0 Å². The van der Waals surface area contributed by atoms with E-state index in [-0.39, 0.29) is 5.56 Å². The maximum atomic E-state index is 11.3. The fourth-order valence-electron chi connectivity index (χ4n) is 1.03. The Hall–Kier alpha value is -1.29. The lowest BCUT2D eigenvalue weighted by molar-refractivity contribution is 0.628. The van der Waals surface area contributed by atoms with Crippen LogP contribution < -0.4 is 16.6 Å². The summed E-state index contributed by atoms with van der Waals surface area (Å²) >= 11 is 0. The molecule has 0 aromatic carbocycles. The molecule has 0 radical (unpaired) electrons. The fourth-order valence-corrected chi connectivity index (χ4v) is 1.03. The van der Waals surface area contributed by atoms with Gasteiger partial charge in [-0.05, 0) is 18.5 Å². The molecular formula is C10H17N3O. The van der Waals surface area contributed by atoms with Crippen molar-refractivity contribution >= 4 is 5.69 Å². The normalized spacial score (nSPS) is 12.5. The van der Waals surface area contributed by atoms with E-state index in [2.05, 4.69) is 12.2 Å². The van der Waals surface area contributed by atoms with Crippen molar-refractivity contribution in [3.05, 3.63) is 28.7 Å². The van der Waals surface area contributed by atoms with Crippen molar-refractivity contribution in [2.75, 3.05) is 18.4 Å². The third-order valence-corrected chi connectivity index (χ3v) is 2.16. The fraction of sp³-hybridized carbons (Fsp3) is 0.500. The zero-order valence-corrected chi connectivity index (χ0v) is 8.66. The van der Waals surface area contributed by atoms with E-state index in [1.54, 1.807) is 19.3 Å². The number of nitrogens with zero attached hydrogens (tertiary/aromatic N) is 1. The number of hydrogen-bond donors (Lipinski definition) is 2. The van der Waals surface area contributed by atoms with E-state index in [1.165, 1.54) is 4.57 Å². The second kappa shape index (κ2) is 4.81. The molecule has 0 spiro atoms. The highest BCUT2D eigenvalue weighted by Gasteiger charge is 1.99. The third kappa shape index (κ3) is 2.88. The summed E-state index contributed by atoms with van der Waals surface area (Å²) in [7, 11) is 1.73. The summed E-state index contributed by atoms with van der Waals surface area (Å²) < 4.78 is 1.54. The van der Waals surface area contributed by atoms with Crippen LogP contribution in [0.2, 0.25) is 0 Å². The van der Waals surface area contributed by atoms with Crippen LogP contribution in [0, 0.1) is 5.92 Å². The van der Waals surface area contributed by atoms with Crippen LogP contribution in [0.1, 0.15) is 6.92 Å². The third-order valence-electron chi connectivity index (χ3n) is 2.16. The van der Waals surface area contributed by atoms with E-state index < -0.39 is 0 Å². The first-order valence-corrected chi connectivity index (χ1v) is 4.74. The van der Waals surface area contributed by atoms with Crippen LogP contribution in [0.5, 0.6) is 0 Å². The van der Waals surface area contributed by atoms with Crippen molar-refractivity contribution in [1.82, 2.24) is 4.57 Å². The summed E-state index contributed by atoms with van der Waals surface area (Å²) in [6, 6.07) is 3.47. The van der Waals surface area contributed by atoms with Gasteiger partial charge in [-0.1, -0.05) is 6.92 Å². The number of pyridine rings is 1. The SMILES string of the molecule is CC(CN)CNc1ccn(C)c(=O)c1. The molecule has 0 aliphatic heterocycles. The lowest BCUT2D eigenvalue weighted by Crippen LogP contribution is -2.21. The van der Waals surface area contributed by atoms with Crippen molar-refractivity contribution in [2.24, 2.45) is 18.7 Å². The van der Waals surface area contributed by atoms with Crippen molar-refractivity contribution in [2.45, 2.75) is 6.92 Å². The van der Waals surface area contributed by atoms with E-state index >= 15 is 0 Å². The average Bonchev–Trinajstić information content (AvgIpc) is 2.19. The van der Waals surface area contributed by atoms with Gasteiger partial charge in [0.05, 0.1) is 0 Å². The molecule has 0 bridgehead atoms. The highest BCUT2D eigenvalue weighted by atomic mass is 16.1. The lowest BCUT2D eigenvalue weighted by atomic mass is 10.2. The zero-order valence-electron chi connectivity index (χ0n) is 8.66. The van der Waals surface area contributed by atoms with E-state index in [0.717, 1.165) is 12.2 Å². The van der Waals surface area contributed by atoms with Gasteiger partial charge >= 0.3 is 0 Å². The molecule has 1 heterocycles. The van der Waals surface area contributed by atoms with Crippen LogP contribution in [0.15, 0.2) is 23.1 Å². The van der Waals surface area contributed by atoms with Crippen molar-refractivity contribution in [1.29, 1.82) is 0 Å². The number of anilines is 1. The van der Waals surface area contributed by atoms with Gasteiger partial charge in [-0.25, -0.2) is 0 Å². The molecule has 0 aliphatic carbocycles. The number of aryl methyl sites for hydroxylation is 1. The molecule has 1 aromatic heterocycles. The lowest BCUT2D eigenvalue weighted by Gasteiger charge is -2.11. The molecule has 4 heteroatoms. The van der Waals surface area contributed by atoms with Crippen molar-refractivity contribution in [3.8, 4) is 0 Å². The van der Waals surface area contributed by atoms with E-state index in [4.69, 9.17) is 5.73 Å². The van der Waals surface area contributed by atoms with Gasteiger partial charge in [-0.3, -0.25) is 4.79 Å². The Labute approximate surface area is 83.7 Å². The predicted octanol–water partition coefficient (Wildman–Crippen LogP) is 0.392. The minimum absolute atomic E-state index is 0.00426. The Balaban J connectivity index is 2.60. The maximum Gasteiger partial charge on any atom is 0.252 e. The van der Waals surface area contributed by atoms with Gasteiger partial charge in [0.2, 0.25) is 0 Å². The van der Waals surface area contributed by atoms with Crippen LogP contribution in [-0.4, -0.2) is 17.7 Å². The summed E-state index contributed by atoms with van der Waals surface area (Å²) in [5.41, 5.74) is 6.34. The molecule has 3 N–H and O–H groups in total. The molecule has 1 unspecified atom stereocenters. The number of nitrogens with one attached hydrogen (secondary N) is 1. The number of rotatable bonds is 4. The highest BCUT2D eigenvalue weighted by Crippen LogP contribution is 2.02. The molecule has 1 rings (SSSR count). The Morgan fingerprint density at radius 3 is 2.93 bits per heavy atom. The van der Waals surface area contributed by atoms with Crippen molar-refractivity contribution in [3.63, 3.8) is 0 Å². The first kappa shape index (κ1) is 10.8. The van der Waals surface area contributed by atoms with Crippen LogP contribution >= 0.6 is 0 Å². The zero-order chi connectivity index (χ0) is 10.6. The average molecular weight is 195 g/mol. The molecule has 0 saturated carbocycles. The Bertz CT molecular complexity index is 345. The summed E-state index contributed by atoms with van der Waals surface area (Å²) in [5, 5.41) is 3.17. The highest BCUT2D eigenvalue weighted by molar-refractivity contribution is 5.40. The van der Waals surface area contributed by atoms with Gasteiger partial charge < -0.3 is 15.6 Å². The molecule has 0 aliphatic rings. The number of hydrogen-bond acceptors (Lipinski definition) is 3. The van der Waals surface area contributed by atoms with Gasteiger partial charge in [-0.15, -0.1) is 0 Å². The van der Waals surface area contributed by atoms with Crippen LogP contribution in [0.3, 0.4) is 0 Å². The van der Waals surface area contributed by atoms with Crippen LogP contribution in [-0.2, 0) is 7.05 Å². The molecule has 1 aromatic rings. The standard InChI is InChI=1S/C10H17N3O/c1-8(6-11)7-12-9-3-4-13(2)10(14)5-9/h3-5,8,12H,6-7,11H2,1-2H3. The molecule has 0 saturated heterocycles. The molecule has 4 nitrogen and oxygen atoms in total. The smallest absolute Gasteiger partial charge is 0.252 e.